The smallest absolute Gasteiger partial charge is 0.338 e. The summed E-state index contributed by atoms with van der Waals surface area (Å²) in [4.78, 5) is 23.3. The lowest BCUT2D eigenvalue weighted by Gasteiger charge is -2.20. The fourth-order valence-electron chi connectivity index (χ4n) is 1.86. The van der Waals surface area contributed by atoms with Crippen LogP contribution in [0.1, 0.15) is 36.0 Å². The Morgan fingerprint density at radius 2 is 1.94 bits per heavy atom. The number of Topliss-reactive ketones (excluding diaryl/α,β-unsaturated/α-hetero) is 1. The second kappa shape index (κ2) is 5.32. The molecule has 3 nitrogen and oxygen atoms in total. The van der Waals surface area contributed by atoms with Gasteiger partial charge in [0.1, 0.15) is 0 Å². The van der Waals surface area contributed by atoms with Crippen molar-refractivity contribution in [2.75, 3.05) is 0 Å². The standard InChI is InChI=1S/C13H13ClO3/c14-10-7-5-9(6-8-10)13(16)17-12-4-2-1-3-11(12)15/h5-8,12H,1-4H2. The molecule has 1 aromatic rings. The Balaban J connectivity index is 2.01. The van der Waals surface area contributed by atoms with Crippen molar-refractivity contribution < 1.29 is 14.3 Å². The summed E-state index contributed by atoms with van der Waals surface area (Å²) in [5.74, 6) is -0.430. The van der Waals surface area contributed by atoms with Crippen molar-refractivity contribution in [1.29, 1.82) is 0 Å². The molecule has 90 valence electrons. The number of hydrogen-bond donors (Lipinski definition) is 0. The van der Waals surface area contributed by atoms with E-state index in [1.165, 1.54) is 0 Å². The van der Waals surface area contributed by atoms with Crippen molar-refractivity contribution in [3.05, 3.63) is 34.9 Å². The van der Waals surface area contributed by atoms with Crippen molar-refractivity contribution in [2.24, 2.45) is 0 Å². The SMILES string of the molecule is O=C(OC1CCCCC1=O)c1ccc(Cl)cc1. The Kier molecular flexibility index (Phi) is 3.79. The summed E-state index contributed by atoms with van der Waals surface area (Å²) in [6, 6.07) is 6.44. The van der Waals surface area contributed by atoms with Crippen LogP contribution in [0.2, 0.25) is 5.02 Å². The summed E-state index contributed by atoms with van der Waals surface area (Å²) in [6.07, 6.45) is 2.42. The Bertz CT molecular complexity index is 425. The van der Waals surface area contributed by atoms with Crippen LogP contribution < -0.4 is 0 Å². The highest BCUT2D eigenvalue weighted by atomic mass is 35.5. The minimum atomic E-state index is -0.563. The molecule has 1 aromatic carbocycles. The van der Waals surface area contributed by atoms with E-state index in [-0.39, 0.29) is 5.78 Å². The molecule has 0 amide bonds. The average Bonchev–Trinajstić information content (AvgIpc) is 2.33. The van der Waals surface area contributed by atoms with Crippen LogP contribution in [0.15, 0.2) is 24.3 Å². The third-order valence-electron chi connectivity index (χ3n) is 2.83. The van der Waals surface area contributed by atoms with E-state index in [4.69, 9.17) is 16.3 Å². The van der Waals surface area contributed by atoms with Gasteiger partial charge in [0.15, 0.2) is 11.9 Å². The van der Waals surface area contributed by atoms with Gasteiger partial charge in [0.05, 0.1) is 5.56 Å². The second-order valence-electron chi connectivity index (χ2n) is 4.11. The van der Waals surface area contributed by atoms with Crippen LogP contribution in [-0.4, -0.2) is 17.9 Å². The van der Waals surface area contributed by atoms with Gasteiger partial charge in [-0.05, 0) is 43.5 Å². The van der Waals surface area contributed by atoms with Crippen LogP contribution in [0, 0.1) is 0 Å². The minimum Gasteiger partial charge on any atom is -0.451 e. The van der Waals surface area contributed by atoms with Crippen molar-refractivity contribution in [3.8, 4) is 0 Å². The molecule has 0 aliphatic heterocycles. The van der Waals surface area contributed by atoms with E-state index in [9.17, 15) is 9.59 Å². The molecule has 0 bridgehead atoms. The average molecular weight is 253 g/mol. The summed E-state index contributed by atoms with van der Waals surface area (Å²) < 4.78 is 5.20. The molecule has 2 rings (SSSR count). The van der Waals surface area contributed by atoms with Crippen LogP contribution >= 0.6 is 11.6 Å². The molecule has 0 heterocycles. The van der Waals surface area contributed by atoms with Crippen LogP contribution in [0.3, 0.4) is 0 Å². The molecule has 0 saturated heterocycles. The lowest BCUT2D eigenvalue weighted by atomic mass is 9.96. The maximum atomic E-state index is 11.8. The van der Waals surface area contributed by atoms with Crippen LogP contribution in [0.5, 0.6) is 0 Å². The lowest BCUT2D eigenvalue weighted by Crippen LogP contribution is -2.30. The Morgan fingerprint density at radius 3 is 2.59 bits per heavy atom. The first-order valence-electron chi connectivity index (χ1n) is 5.66. The highest BCUT2D eigenvalue weighted by Gasteiger charge is 2.26. The maximum Gasteiger partial charge on any atom is 0.338 e. The number of carbonyl (C=O) groups excluding carboxylic acids is 2. The van der Waals surface area contributed by atoms with Crippen molar-refractivity contribution in [1.82, 2.24) is 0 Å². The first-order valence-corrected chi connectivity index (χ1v) is 6.04. The fourth-order valence-corrected chi connectivity index (χ4v) is 1.98. The molecular weight excluding hydrogens is 240 g/mol. The van der Waals surface area contributed by atoms with Gasteiger partial charge in [-0.2, -0.15) is 0 Å². The summed E-state index contributed by atoms with van der Waals surface area (Å²) in [5.41, 5.74) is 0.424. The Labute approximate surface area is 105 Å². The number of carbonyl (C=O) groups is 2. The van der Waals surface area contributed by atoms with E-state index in [1.54, 1.807) is 24.3 Å². The highest BCUT2D eigenvalue weighted by Crippen LogP contribution is 2.19. The van der Waals surface area contributed by atoms with E-state index in [0.29, 0.717) is 23.4 Å². The van der Waals surface area contributed by atoms with E-state index >= 15 is 0 Å². The third-order valence-corrected chi connectivity index (χ3v) is 3.08. The van der Waals surface area contributed by atoms with Crippen molar-refractivity contribution in [3.63, 3.8) is 0 Å². The molecular formula is C13H13ClO3. The van der Waals surface area contributed by atoms with Crippen LogP contribution in [-0.2, 0) is 9.53 Å². The maximum absolute atomic E-state index is 11.8. The number of benzene rings is 1. The predicted octanol–water partition coefficient (Wildman–Crippen LogP) is 3.01. The van der Waals surface area contributed by atoms with Gasteiger partial charge >= 0.3 is 5.97 Å². The minimum absolute atomic E-state index is 0.0264. The molecule has 1 fully saturated rings. The van der Waals surface area contributed by atoms with E-state index in [2.05, 4.69) is 0 Å². The van der Waals surface area contributed by atoms with Gasteiger partial charge in [0, 0.05) is 11.4 Å². The molecule has 17 heavy (non-hydrogen) atoms. The van der Waals surface area contributed by atoms with Gasteiger partial charge in [-0.1, -0.05) is 11.6 Å². The summed E-state index contributed by atoms with van der Waals surface area (Å²) in [7, 11) is 0. The molecule has 4 heteroatoms. The monoisotopic (exact) mass is 252 g/mol. The summed E-state index contributed by atoms with van der Waals surface area (Å²) in [5, 5.41) is 0.565. The van der Waals surface area contributed by atoms with Gasteiger partial charge in [-0.25, -0.2) is 4.79 Å². The number of halogens is 1. The van der Waals surface area contributed by atoms with Gasteiger partial charge in [0.2, 0.25) is 0 Å². The number of esters is 1. The topological polar surface area (TPSA) is 43.4 Å². The Morgan fingerprint density at radius 1 is 1.24 bits per heavy atom. The number of hydrogen-bond acceptors (Lipinski definition) is 3. The van der Waals surface area contributed by atoms with Gasteiger partial charge in [0.25, 0.3) is 0 Å². The fraction of sp³-hybridized carbons (Fsp3) is 0.385. The molecule has 1 saturated carbocycles. The molecule has 0 spiro atoms. The summed E-state index contributed by atoms with van der Waals surface area (Å²) in [6.45, 7) is 0. The molecule has 1 atom stereocenters. The first-order chi connectivity index (χ1) is 8.16. The van der Waals surface area contributed by atoms with E-state index in [0.717, 1.165) is 12.8 Å². The van der Waals surface area contributed by atoms with E-state index in [1.807, 2.05) is 0 Å². The normalized spacial score (nSPS) is 20.1. The van der Waals surface area contributed by atoms with Crippen LogP contribution in [0.25, 0.3) is 0 Å². The predicted molar refractivity (Wildman–Crippen MR) is 64.1 cm³/mol. The van der Waals surface area contributed by atoms with E-state index < -0.39 is 12.1 Å². The van der Waals surface area contributed by atoms with Crippen LogP contribution in [0.4, 0.5) is 0 Å². The lowest BCUT2D eigenvalue weighted by molar-refractivity contribution is -0.129. The largest absolute Gasteiger partial charge is 0.451 e. The number of ketones is 1. The summed E-state index contributed by atoms with van der Waals surface area (Å²) >= 11 is 5.73. The molecule has 0 radical (unpaired) electrons. The number of rotatable bonds is 2. The van der Waals surface area contributed by atoms with Crippen molar-refractivity contribution in [2.45, 2.75) is 31.8 Å². The van der Waals surface area contributed by atoms with Gasteiger partial charge < -0.3 is 4.74 Å². The van der Waals surface area contributed by atoms with Gasteiger partial charge in [-0.3, -0.25) is 4.79 Å². The Hall–Kier alpha value is -1.35. The van der Waals surface area contributed by atoms with Crippen molar-refractivity contribution >= 4 is 23.4 Å². The molecule has 1 aliphatic rings. The zero-order chi connectivity index (χ0) is 12.3. The number of ether oxygens (including phenoxy) is 1. The zero-order valence-electron chi connectivity index (χ0n) is 9.32. The second-order valence-corrected chi connectivity index (χ2v) is 4.55. The first kappa shape index (κ1) is 12.1. The molecule has 1 aliphatic carbocycles. The quantitative estimate of drug-likeness (QED) is 0.760. The zero-order valence-corrected chi connectivity index (χ0v) is 10.1. The molecule has 0 N–H and O–H groups in total. The molecule has 1 unspecified atom stereocenters. The highest BCUT2D eigenvalue weighted by molar-refractivity contribution is 6.30. The third kappa shape index (κ3) is 3.07. The van der Waals surface area contributed by atoms with Gasteiger partial charge in [-0.15, -0.1) is 0 Å². The molecule has 0 aromatic heterocycles.